The fraction of sp³-hybridized carbons (Fsp3) is 0.308. The molecule has 1 N–H and O–H groups in total. The maximum absolute atomic E-state index is 11.5. The highest BCUT2D eigenvalue weighted by molar-refractivity contribution is 5.72. The number of hydrogen-bond acceptors (Lipinski definition) is 4. The molecule has 1 unspecified atom stereocenters. The van der Waals surface area contributed by atoms with Gasteiger partial charge in [-0.15, -0.1) is 7.05 Å². The maximum Gasteiger partial charge on any atom is 0.359 e. The van der Waals surface area contributed by atoms with Gasteiger partial charge >= 0.3 is 11.9 Å². The van der Waals surface area contributed by atoms with Crippen molar-refractivity contribution in [2.75, 3.05) is 20.2 Å². The Kier molecular flexibility index (Phi) is 5.87. The first-order valence-corrected chi connectivity index (χ1v) is 5.55. The normalized spacial score (nSPS) is 11.7. The van der Waals surface area contributed by atoms with Crippen molar-refractivity contribution in [2.45, 2.75) is 6.61 Å². The molecule has 0 aliphatic carbocycles. The average Bonchev–Trinajstić information content (AvgIpc) is 2.37. The number of quaternary nitrogens is 1. The lowest BCUT2D eigenvalue weighted by Gasteiger charge is -2.18. The van der Waals surface area contributed by atoms with Crippen LogP contribution in [0.1, 0.15) is 5.56 Å². The molecule has 0 spiro atoms. The molecule has 1 rings (SSSR count). The van der Waals surface area contributed by atoms with Crippen molar-refractivity contribution >= 4 is 11.9 Å². The molecule has 0 aliphatic rings. The Labute approximate surface area is 106 Å². The highest BCUT2D eigenvalue weighted by Crippen LogP contribution is 1.99. The van der Waals surface area contributed by atoms with Gasteiger partial charge in [-0.3, -0.25) is 0 Å². The lowest BCUT2D eigenvalue weighted by atomic mass is 10.2. The molecule has 0 saturated heterocycles. The van der Waals surface area contributed by atoms with Crippen molar-refractivity contribution in [3.8, 4) is 0 Å². The predicted molar refractivity (Wildman–Crippen MR) is 64.3 cm³/mol. The average molecular weight is 251 g/mol. The molecule has 0 aliphatic heterocycles. The Hall–Kier alpha value is -1.88. The van der Waals surface area contributed by atoms with Crippen LogP contribution >= 0.6 is 0 Å². The van der Waals surface area contributed by atoms with Crippen LogP contribution in [0.15, 0.2) is 30.3 Å². The summed E-state index contributed by atoms with van der Waals surface area (Å²) in [7, 11) is 4.93. The molecule has 1 atom stereocenters. The van der Waals surface area contributed by atoms with Crippen molar-refractivity contribution in [3.63, 3.8) is 0 Å². The zero-order valence-corrected chi connectivity index (χ0v) is 10.3. The summed E-state index contributed by atoms with van der Waals surface area (Å²) in [4.78, 5) is 22.9. The van der Waals surface area contributed by atoms with Gasteiger partial charge in [-0.2, -0.15) is 0 Å². The molecule has 0 fully saturated rings. The smallest absolute Gasteiger partial charge is 0.359 e. The molecule has 0 saturated carbocycles. The van der Waals surface area contributed by atoms with Gasteiger partial charge in [0.2, 0.25) is 0 Å². The van der Waals surface area contributed by atoms with Crippen molar-refractivity contribution < 1.29 is 24.0 Å². The number of benzene rings is 1. The third kappa shape index (κ3) is 5.45. The summed E-state index contributed by atoms with van der Waals surface area (Å²) in [6, 6.07) is 9.38. The second-order valence-electron chi connectivity index (χ2n) is 3.83. The molecule has 98 valence electrons. The van der Waals surface area contributed by atoms with Crippen LogP contribution in [-0.4, -0.2) is 32.1 Å². The van der Waals surface area contributed by atoms with Gasteiger partial charge in [0.25, 0.3) is 0 Å². The molecule has 0 amide bonds. The van der Waals surface area contributed by atoms with Gasteiger partial charge in [-0.25, -0.2) is 9.59 Å². The van der Waals surface area contributed by atoms with E-state index in [1.54, 1.807) is 0 Å². The molecule has 0 bridgehead atoms. The van der Waals surface area contributed by atoms with Crippen LogP contribution in [0.5, 0.6) is 0 Å². The van der Waals surface area contributed by atoms with Crippen molar-refractivity contribution in [1.82, 2.24) is 0 Å². The van der Waals surface area contributed by atoms with Gasteiger partial charge in [0, 0.05) is 0 Å². The Balaban J connectivity index is 2.27. The van der Waals surface area contributed by atoms with E-state index in [9.17, 15) is 9.59 Å². The molecule has 18 heavy (non-hydrogen) atoms. The van der Waals surface area contributed by atoms with E-state index in [0.29, 0.717) is 4.90 Å². The Morgan fingerprint density at radius 3 is 2.39 bits per heavy atom. The minimum atomic E-state index is -0.407. The zero-order valence-electron chi connectivity index (χ0n) is 10.3. The highest BCUT2D eigenvalue weighted by Gasteiger charge is 2.11. The minimum absolute atomic E-state index is 0.0297. The quantitative estimate of drug-likeness (QED) is 0.551. The molecule has 0 radical (unpaired) electrons. The molecule has 0 heterocycles. The summed E-state index contributed by atoms with van der Waals surface area (Å²) >= 11 is 0. The second kappa shape index (κ2) is 7.45. The summed E-state index contributed by atoms with van der Waals surface area (Å²) in [5.41, 5.74) is 0.921. The zero-order chi connectivity index (χ0) is 13.4. The van der Waals surface area contributed by atoms with E-state index in [2.05, 4.69) is 11.8 Å². The van der Waals surface area contributed by atoms with Gasteiger partial charge in [0.05, 0.1) is 7.11 Å². The van der Waals surface area contributed by atoms with Crippen LogP contribution in [0.2, 0.25) is 0 Å². The van der Waals surface area contributed by atoms with E-state index in [1.165, 1.54) is 7.11 Å². The lowest BCUT2D eigenvalue weighted by Crippen LogP contribution is -3.08. The van der Waals surface area contributed by atoms with E-state index in [4.69, 9.17) is 4.74 Å². The third-order valence-corrected chi connectivity index (χ3v) is 2.26. The number of carbonyl (C=O) groups excluding carboxylic acids is 2. The highest BCUT2D eigenvalue weighted by atomic mass is 16.5. The molecular formula is C13H17NO4. The van der Waals surface area contributed by atoms with Crippen molar-refractivity contribution in [1.29, 1.82) is 0 Å². The molecular weight excluding hydrogens is 234 g/mol. The summed E-state index contributed by atoms with van der Waals surface area (Å²) in [6.07, 6.45) is 0. The number of esters is 2. The Morgan fingerprint density at radius 2 is 1.78 bits per heavy atom. The predicted octanol–water partition coefficient (Wildman–Crippen LogP) is -0.421. The molecule has 0 aromatic heterocycles. The number of rotatable bonds is 6. The fourth-order valence-electron chi connectivity index (χ4n) is 1.33. The number of ether oxygens (including phenoxy) is 2. The van der Waals surface area contributed by atoms with Crippen LogP contribution in [0.3, 0.4) is 0 Å². The van der Waals surface area contributed by atoms with Crippen LogP contribution in [-0.2, 0) is 25.7 Å². The van der Waals surface area contributed by atoms with Crippen LogP contribution < -0.4 is 4.90 Å². The summed E-state index contributed by atoms with van der Waals surface area (Å²) in [6.45, 7) is 0.296. The maximum atomic E-state index is 11.5. The van der Waals surface area contributed by atoms with E-state index < -0.39 is 11.9 Å². The first-order chi connectivity index (χ1) is 8.61. The lowest BCUT2D eigenvalue weighted by molar-refractivity contribution is -0.837. The molecule has 1 aromatic carbocycles. The summed E-state index contributed by atoms with van der Waals surface area (Å²) in [5, 5.41) is 0. The number of hydrogen-bond donors (Lipinski definition) is 1. The molecule has 5 heteroatoms. The molecule has 1 aromatic rings. The number of carbonyl (C=O) groups is 2. The van der Waals surface area contributed by atoms with Gasteiger partial charge in [-0.05, 0) is 5.56 Å². The monoisotopic (exact) mass is 251 g/mol. The fourth-order valence-corrected chi connectivity index (χ4v) is 1.33. The van der Waals surface area contributed by atoms with Gasteiger partial charge in [-0.1, -0.05) is 30.3 Å². The second-order valence-corrected chi connectivity index (χ2v) is 3.83. The number of methoxy groups -OCH3 is 1. The SMILES string of the molecule is [CH2-][NH+](CC(=O)OC)CC(=O)OCc1ccccc1. The van der Waals surface area contributed by atoms with E-state index in [0.717, 1.165) is 5.56 Å². The molecule has 5 nitrogen and oxygen atoms in total. The van der Waals surface area contributed by atoms with E-state index in [1.807, 2.05) is 30.3 Å². The van der Waals surface area contributed by atoms with Gasteiger partial charge in [0.1, 0.15) is 6.61 Å². The van der Waals surface area contributed by atoms with Crippen LogP contribution in [0.25, 0.3) is 0 Å². The first-order valence-electron chi connectivity index (χ1n) is 5.55. The van der Waals surface area contributed by atoms with Crippen LogP contribution in [0, 0.1) is 7.05 Å². The Morgan fingerprint density at radius 1 is 1.17 bits per heavy atom. The van der Waals surface area contributed by atoms with Gasteiger partial charge < -0.3 is 14.4 Å². The van der Waals surface area contributed by atoms with Crippen LogP contribution in [0.4, 0.5) is 0 Å². The number of nitrogens with one attached hydrogen (secondary N) is 1. The Bertz CT molecular complexity index is 391. The van der Waals surface area contributed by atoms with E-state index >= 15 is 0 Å². The largest absolute Gasteiger partial charge is 0.465 e. The minimum Gasteiger partial charge on any atom is -0.465 e. The topological polar surface area (TPSA) is 57.0 Å². The standard InChI is InChI=1S/C13H17NO4/c1-14(8-12(15)17-2)9-13(16)18-10-11-6-4-3-5-7-11/h3-7,14H,1,8-10H2,2H3. The van der Waals surface area contributed by atoms with E-state index in [-0.39, 0.29) is 19.7 Å². The summed E-state index contributed by atoms with van der Waals surface area (Å²) in [5.74, 6) is -0.802. The first kappa shape index (κ1) is 14.2. The van der Waals surface area contributed by atoms with Gasteiger partial charge in [0.15, 0.2) is 13.1 Å². The van der Waals surface area contributed by atoms with Crippen molar-refractivity contribution in [3.05, 3.63) is 42.9 Å². The third-order valence-electron chi connectivity index (χ3n) is 2.26. The summed E-state index contributed by atoms with van der Waals surface area (Å²) < 4.78 is 9.54. The van der Waals surface area contributed by atoms with Crippen molar-refractivity contribution in [2.24, 2.45) is 0 Å².